The van der Waals surface area contributed by atoms with E-state index in [9.17, 15) is 4.79 Å². The van der Waals surface area contributed by atoms with Crippen LogP contribution in [0.2, 0.25) is 0 Å². The summed E-state index contributed by atoms with van der Waals surface area (Å²) < 4.78 is 0. The van der Waals surface area contributed by atoms with E-state index in [1.54, 1.807) is 0 Å². The van der Waals surface area contributed by atoms with Gasteiger partial charge >= 0.3 is 0 Å². The van der Waals surface area contributed by atoms with E-state index in [1.807, 2.05) is 6.07 Å². The van der Waals surface area contributed by atoms with Crippen LogP contribution >= 0.6 is 0 Å². The van der Waals surface area contributed by atoms with Crippen molar-refractivity contribution >= 4 is 5.91 Å². The Kier molecular flexibility index (Phi) is 3.56. The van der Waals surface area contributed by atoms with E-state index in [-0.39, 0.29) is 18.0 Å². The second kappa shape index (κ2) is 5.33. The summed E-state index contributed by atoms with van der Waals surface area (Å²) in [4.78, 5) is 12.2. The first-order chi connectivity index (χ1) is 9.22. The molecule has 102 valence electrons. The Morgan fingerprint density at radius 1 is 1.16 bits per heavy atom. The Morgan fingerprint density at radius 2 is 1.95 bits per heavy atom. The standard InChI is InChI=1S/C16H22N2O/c17-14-7-8-15(10-14)18-16(19)13-6-5-11-3-1-2-4-12(11)9-13/h5-6,9,14-15H,1-4,7-8,10,17H2,(H,18,19). The van der Waals surface area contributed by atoms with Gasteiger partial charge < -0.3 is 11.1 Å². The molecular weight excluding hydrogens is 236 g/mol. The summed E-state index contributed by atoms with van der Waals surface area (Å²) in [6.07, 6.45) is 7.75. The van der Waals surface area contributed by atoms with Crippen LogP contribution in [0.4, 0.5) is 0 Å². The Bertz CT molecular complexity index is 484. The molecule has 1 fully saturated rings. The van der Waals surface area contributed by atoms with Crippen molar-refractivity contribution in [1.29, 1.82) is 0 Å². The Labute approximate surface area is 114 Å². The largest absolute Gasteiger partial charge is 0.349 e. The van der Waals surface area contributed by atoms with Crippen LogP contribution in [0.3, 0.4) is 0 Å². The number of amides is 1. The number of hydrogen-bond donors (Lipinski definition) is 2. The molecule has 0 heterocycles. The van der Waals surface area contributed by atoms with Crippen LogP contribution in [0.5, 0.6) is 0 Å². The second-order valence-electron chi connectivity index (χ2n) is 5.93. The fraction of sp³-hybridized carbons (Fsp3) is 0.562. The van der Waals surface area contributed by atoms with Gasteiger partial charge in [-0.25, -0.2) is 0 Å². The molecule has 2 atom stereocenters. The van der Waals surface area contributed by atoms with Gasteiger partial charge in [0, 0.05) is 17.6 Å². The minimum absolute atomic E-state index is 0.0625. The van der Waals surface area contributed by atoms with Gasteiger partial charge in [-0.15, -0.1) is 0 Å². The maximum atomic E-state index is 12.2. The first-order valence-corrected chi connectivity index (χ1v) is 7.40. The monoisotopic (exact) mass is 258 g/mol. The maximum Gasteiger partial charge on any atom is 0.251 e. The zero-order chi connectivity index (χ0) is 13.2. The summed E-state index contributed by atoms with van der Waals surface area (Å²) in [5.41, 5.74) is 9.47. The van der Waals surface area contributed by atoms with Gasteiger partial charge in [-0.05, 0) is 68.2 Å². The van der Waals surface area contributed by atoms with Gasteiger partial charge in [0.2, 0.25) is 0 Å². The molecule has 0 bridgehead atoms. The molecule has 3 N–H and O–H groups in total. The van der Waals surface area contributed by atoms with Gasteiger partial charge in [0.25, 0.3) is 5.91 Å². The molecule has 1 amide bonds. The molecule has 2 aliphatic carbocycles. The summed E-state index contributed by atoms with van der Waals surface area (Å²) in [5.74, 6) is 0.0625. The van der Waals surface area contributed by atoms with E-state index in [0.29, 0.717) is 0 Å². The minimum atomic E-state index is 0.0625. The Hall–Kier alpha value is -1.35. The molecule has 0 saturated heterocycles. The van der Waals surface area contributed by atoms with E-state index in [4.69, 9.17) is 5.73 Å². The molecule has 2 unspecified atom stereocenters. The third-order valence-electron chi connectivity index (χ3n) is 4.42. The van der Waals surface area contributed by atoms with Crippen molar-refractivity contribution in [3.05, 3.63) is 34.9 Å². The van der Waals surface area contributed by atoms with Gasteiger partial charge in [0.1, 0.15) is 0 Å². The zero-order valence-electron chi connectivity index (χ0n) is 11.3. The number of fused-ring (bicyclic) bond motifs is 1. The highest BCUT2D eigenvalue weighted by atomic mass is 16.1. The fourth-order valence-corrected chi connectivity index (χ4v) is 3.29. The minimum Gasteiger partial charge on any atom is -0.349 e. The van der Waals surface area contributed by atoms with Crippen LogP contribution in [0.25, 0.3) is 0 Å². The highest BCUT2D eigenvalue weighted by Gasteiger charge is 2.23. The molecule has 3 heteroatoms. The van der Waals surface area contributed by atoms with E-state index >= 15 is 0 Å². The fourth-order valence-electron chi connectivity index (χ4n) is 3.29. The van der Waals surface area contributed by atoms with Gasteiger partial charge in [0.05, 0.1) is 0 Å². The average molecular weight is 258 g/mol. The number of carbonyl (C=O) groups is 1. The van der Waals surface area contributed by atoms with Crippen molar-refractivity contribution in [2.24, 2.45) is 5.73 Å². The lowest BCUT2D eigenvalue weighted by Gasteiger charge is -2.17. The van der Waals surface area contributed by atoms with Crippen LogP contribution in [0.1, 0.15) is 53.6 Å². The highest BCUT2D eigenvalue weighted by molar-refractivity contribution is 5.94. The summed E-state index contributed by atoms with van der Waals surface area (Å²) in [5, 5.41) is 3.11. The molecule has 1 aromatic rings. The average Bonchev–Trinajstić information content (AvgIpc) is 2.83. The van der Waals surface area contributed by atoms with Gasteiger partial charge in [-0.2, -0.15) is 0 Å². The summed E-state index contributed by atoms with van der Waals surface area (Å²) in [6.45, 7) is 0. The van der Waals surface area contributed by atoms with Crippen LogP contribution in [0, 0.1) is 0 Å². The number of rotatable bonds is 2. The third-order valence-corrected chi connectivity index (χ3v) is 4.42. The molecule has 3 nitrogen and oxygen atoms in total. The SMILES string of the molecule is NC1CCC(NC(=O)c2ccc3c(c2)CCCC3)C1. The van der Waals surface area contributed by atoms with Gasteiger partial charge in [0.15, 0.2) is 0 Å². The van der Waals surface area contributed by atoms with E-state index < -0.39 is 0 Å². The van der Waals surface area contributed by atoms with Gasteiger partial charge in [-0.1, -0.05) is 6.07 Å². The number of nitrogens with two attached hydrogens (primary N) is 1. The first-order valence-electron chi connectivity index (χ1n) is 7.40. The van der Waals surface area contributed by atoms with E-state index in [2.05, 4.69) is 17.4 Å². The lowest BCUT2D eigenvalue weighted by Crippen LogP contribution is -2.34. The van der Waals surface area contributed by atoms with Gasteiger partial charge in [-0.3, -0.25) is 4.79 Å². The van der Waals surface area contributed by atoms with E-state index in [1.165, 1.54) is 24.0 Å². The number of carbonyl (C=O) groups excluding carboxylic acids is 1. The molecule has 1 saturated carbocycles. The molecule has 19 heavy (non-hydrogen) atoms. The van der Waals surface area contributed by atoms with Crippen LogP contribution < -0.4 is 11.1 Å². The highest BCUT2D eigenvalue weighted by Crippen LogP contribution is 2.23. The molecule has 0 aromatic heterocycles. The maximum absolute atomic E-state index is 12.2. The van der Waals surface area contributed by atoms with Crippen LogP contribution in [0.15, 0.2) is 18.2 Å². The second-order valence-corrected chi connectivity index (χ2v) is 5.93. The molecule has 2 aliphatic rings. The van der Waals surface area contributed by atoms with Crippen molar-refractivity contribution in [2.45, 2.75) is 57.0 Å². The molecule has 0 radical (unpaired) electrons. The van der Waals surface area contributed by atoms with Crippen molar-refractivity contribution in [1.82, 2.24) is 5.32 Å². The zero-order valence-corrected chi connectivity index (χ0v) is 11.3. The van der Waals surface area contributed by atoms with Crippen molar-refractivity contribution < 1.29 is 4.79 Å². The van der Waals surface area contributed by atoms with E-state index in [0.717, 1.165) is 37.7 Å². The van der Waals surface area contributed by atoms with Crippen LogP contribution in [-0.4, -0.2) is 18.0 Å². The number of hydrogen-bond acceptors (Lipinski definition) is 2. The lowest BCUT2D eigenvalue weighted by atomic mass is 9.90. The number of benzene rings is 1. The number of aryl methyl sites for hydroxylation is 2. The summed E-state index contributed by atoms with van der Waals surface area (Å²) in [7, 11) is 0. The predicted octanol–water partition coefficient (Wildman–Crippen LogP) is 2.17. The summed E-state index contributed by atoms with van der Waals surface area (Å²) >= 11 is 0. The third kappa shape index (κ3) is 2.81. The Morgan fingerprint density at radius 3 is 2.68 bits per heavy atom. The molecule has 0 aliphatic heterocycles. The first kappa shape index (κ1) is 12.7. The Balaban J connectivity index is 1.69. The molecular formula is C16H22N2O. The topological polar surface area (TPSA) is 55.1 Å². The predicted molar refractivity (Wildman–Crippen MR) is 76.2 cm³/mol. The molecule has 0 spiro atoms. The molecule has 1 aromatic carbocycles. The number of nitrogens with one attached hydrogen (secondary N) is 1. The quantitative estimate of drug-likeness (QED) is 0.854. The van der Waals surface area contributed by atoms with Crippen molar-refractivity contribution in [2.75, 3.05) is 0 Å². The molecule has 3 rings (SSSR count). The van der Waals surface area contributed by atoms with Crippen molar-refractivity contribution in [3.63, 3.8) is 0 Å². The van der Waals surface area contributed by atoms with Crippen molar-refractivity contribution in [3.8, 4) is 0 Å². The smallest absolute Gasteiger partial charge is 0.251 e. The lowest BCUT2D eigenvalue weighted by molar-refractivity contribution is 0.0937. The van der Waals surface area contributed by atoms with Crippen LogP contribution in [-0.2, 0) is 12.8 Å². The normalized spacial score (nSPS) is 25.9. The summed E-state index contributed by atoms with van der Waals surface area (Å²) in [6, 6.07) is 6.70.